The van der Waals surface area contributed by atoms with Crippen LogP contribution in [0, 0.1) is 0 Å². The molecule has 1 aliphatic carbocycles. The molecule has 0 aromatic carbocycles. The lowest BCUT2D eigenvalue weighted by molar-refractivity contribution is -0.141. The maximum Gasteiger partial charge on any atom is 0.434 e. The van der Waals surface area contributed by atoms with E-state index in [1.165, 1.54) is 0 Å². The van der Waals surface area contributed by atoms with Crippen LogP contribution < -0.4 is 10.9 Å². The molecule has 106 valence electrons. The second kappa shape index (κ2) is 4.44. The van der Waals surface area contributed by atoms with Crippen molar-refractivity contribution in [1.29, 1.82) is 0 Å². The molecule has 0 atom stereocenters. The molecule has 0 fully saturated rings. The normalized spacial score (nSPS) is 17.6. The molecule has 0 spiro atoms. The third kappa shape index (κ3) is 2.05. The number of rotatable bonds is 0. The lowest BCUT2D eigenvalue weighted by Gasteiger charge is -2.24. The summed E-state index contributed by atoms with van der Waals surface area (Å²) in [6.45, 7) is 0. The molecule has 20 heavy (non-hydrogen) atoms. The van der Waals surface area contributed by atoms with Gasteiger partial charge in [0, 0.05) is 0 Å². The predicted octanol–water partition coefficient (Wildman–Crippen LogP) is 2.72. The van der Waals surface area contributed by atoms with Gasteiger partial charge in [0.25, 0.3) is 5.56 Å². The second-order valence-electron chi connectivity index (χ2n) is 4.39. The molecule has 5 nitrogen and oxygen atoms in total. The van der Waals surface area contributed by atoms with Gasteiger partial charge in [-0.3, -0.25) is 4.79 Å². The van der Waals surface area contributed by atoms with Crippen molar-refractivity contribution < 1.29 is 13.2 Å². The van der Waals surface area contributed by atoms with Gasteiger partial charge in [-0.25, -0.2) is 4.98 Å². The van der Waals surface area contributed by atoms with E-state index in [2.05, 4.69) is 31.3 Å². The first-order valence-corrected chi connectivity index (χ1v) is 6.62. The topological polar surface area (TPSA) is 59.3 Å². The first-order chi connectivity index (χ1) is 9.38. The fourth-order valence-electron chi connectivity index (χ4n) is 2.09. The molecule has 2 aliphatic rings. The van der Waals surface area contributed by atoms with Crippen molar-refractivity contribution in [2.45, 2.75) is 25.4 Å². The number of alkyl halides is 3. The van der Waals surface area contributed by atoms with Crippen LogP contribution in [0.15, 0.2) is 26.1 Å². The van der Waals surface area contributed by atoms with E-state index >= 15 is 0 Å². The van der Waals surface area contributed by atoms with Crippen LogP contribution >= 0.6 is 15.9 Å². The summed E-state index contributed by atoms with van der Waals surface area (Å²) in [5.41, 5.74) is -0.860. The molecule has 0 saturated carbocycles. The summed E-state index contributed by atoms with van der Waals surface area (Å²) in [5, 5.41) is 6.82. The third-order valence-corrected chi connectivity index (χ3v) is 3.73. The van der Waals surface area contributed by atoms with Crippen molar-refractivity contribution in [3.63, 3.8) is 0 Å². The predicted molar refractivity (Wildman–Crippen MR) is 69.6 cm³/mol. The Balaban J connectivity index is 2.23. The molecule has 1 aromatic heterocycles. The van der Waals surface area contributed by atoms with Gasteiger partial charge in [0.05, 0.1) is 11.4 Å². The number of hydrogen-bond acceptors (Lipinski definition) is 4. The second-order valence-corrected chi connectivity index (χ2v) is 5.19. The summed E-state index contributed by atoms with van der Waals surface area (Å²) < 4.78 is 38.7. The Bertz CT molecular complexity index is 705. The van der Waals surface area contributed by atoms with Crippen LogP contribution in [0.3, 0.4) is 0 Å². The monoisotopic (exact) mass is 348 g/mol. The number of fused-ring (bicyclic) bond motifs is 2. The lowest BCUT2D eigenvalue weighted by atomic mass is 10.0. The smallest absolute Gasteiger partial charge is 0.323 e. The highest BCUT2D eigenvalue weighted by atomic mass is 79.9. The fourth-order valence-corrected chi connectivity index (χ4v) is 2.57. The Kier molecular flexibility index (Phi) is 2.96. The minimum atomic E-state index is -4.71. The Morgan fingerprint density at radius 3 is 2.85 bits per heavy atom. The number of nitrogens with zero attached hydrogens (tertiary/aromatic N) is 3. The van der Waals surface area contributed by atoms with E-state index in [1.54, 1.807) is 0 Å². The molecule has 0 bridgehead atoms. The third-order valence-electron chi connectivity index (χ3n) is 3.02. The van der Waals surface area contributed by atoms with E-state index in [1.807, 2.05) is 6.08 Å². The summed E-state index contributed by atoms with van der Waals surface area (Å²) in [5.74, 6) is -0.220. The van der Waals surface area contributed by atoms with E-state index in [4.69, 9.17) is 0 Å². The molecule has 0 saturated heterocycles. The quantitative estimate of drug-likeness (QED) is 0.784. The van der Waals surface area contributed by atoms with Gasteiger partial charge >= 0.3 is 6.18 Å². The van der Waals surface area contributed by atoms with Crippen LogP contribution in [-0.2, 0) is 6.18 Å². The molecule has 1 N–H and O–H groups in total. The lowest BCUT2D eigenvalue weighted by Crippen LogP contribution is -2.33. The van der Waals surface area contributed by atoms with Crippen LogP contribution in [0.4, 0.5) is 19.1 Å². The number of allylic oxidation sites excluding steroid dienone is 2. The summed E-state index contributed by atoms with van der Waals surface area (Å²) in [6.07, 6.45) is -0.492. The van der Waals surface area contributed by atoms with Crippen molar-refractivity contribution >= 4 is 27.6 Å². The molecule has 9 heteroatoms. The maximum atomic E-state index is 12.8. The van der Waals surface area contributed by atoms with Gasteiger partial charge in [-0.1, -0.05) is 6.08 Å². The molecule has 0 amide bonds. The van der Waals surface area contributed by atoms with Gasteiger partial charge in [0.2, 0.25) is 5.95 Å². The Hall–Kier alpha value is -1.64. The molecule has 2 heterocycles. The number of hydrogen-bond donors (Lipinski definition) is 1. The van der Waals surface area contributed by atoms with Crippen LogP contribution in [0.1, 0.15) is 25.0 Å². The molecular weight excluding hydrogens is 341 g/mol. The molecule has 3 rings (SSSR count). The molecular formula is C11H8BrF3N4O. The number of nitrogens with one attached hydrogen (secondary N) is 1. The van der Waals surface area contributed by atoms with Crippen molar-refractivity contribution in [1.82, 2.24) is 9.66 Å². The standard InChI is InChI=1S/C11H8BrF3N4O/c12-7-8(11(13,14)15)17-10-16-5-3-1-2-4-6(5)18-19(10)9(7)20/h3H,1-2,4H2,(H,16,17). The minimum absolute atomic E-state index is 0.220. The first kappa shape index (κ1) is 13.3. The highest BCUT2D eigenvalue weighted by Crippen LogP contribution is 2.33. The SMILES string of the molecule is O=c1c(Br)c(C(F)(F)F)nc2n1N=C1CCCC=C1N2. The van der Waals surface area contributed by atoms with E-state index < -0.39 is 21.9 Å². The average Bonchev–Trinajstić information content (AvgIpc) is 2.40. The first-order valence-electron chi connectivity index (χ1n) is 5.83. The zero-order valence-corrected chi connectivity index (χ0v) is 11.5. The highest BCUT2D eigenvalue weighted by molar-refractivity contribution is 9.10. The van der Waals surface area contributed by atoms with Crippen LogP contribution in [0.5, 0.6) is 0 Å². The zero-order valence-electron chi connectivity index (χ0n) is 9.96. The van der Waals surface area contributed by atoms with Crippen molar-refractivity contribution in [3.05, 3.63) is 32.3 Å². The summed E-state index contributed by atoms with van der Waals surface area (Å²) in [4.78, 5) is 15.4. The Morgan fingerprint density at radius 2 is 2.15 bits per heavy atom. The van der Waals surface area contributed by atoms with Crippen LogP contribution in [0.2, 0.25) is 0 Å². The maximum absolute atomic E-state index is 12.8. The van der Waals surface area contributed by atoms with Crippen molar-refractivity contribution in [2.24, 2.45) is 5.10 Å². The Labute approximate surface area is 119 Å². The summed E-state index contributed by atoms with van der Waals surface area (Å²) in [7, 11) is 0. The van der Waals surface area contributed by atoms with E-state index in [9.17, 15) is 18.0 Å². The molecule has 1 aliphatic heterocycles. The van der Waals surface area contributed by atoms with E-state index in [-0.39, 0.29) is 5.95 Å². The van der Waals surface area contributed by atoms with Crippen molar-refractivity contribution in [2.75, 3.05) is 5.32 Å². The molecule has 0 unspecified atom stereocenters. The van der Waals surface area contributed by atoms with Gasteiger partial charge in [-0.05, 0) is 35.2 Å². The largest absolute Gasteiger partial charge is 0.434 e. The number of aromatic nitrogens is 2. The zero-order chi connectivity index (χ0) is 14.5. The summed E-state index contributed by atoms with van der Waals surface area (Å²) in [6, 6.07) is 0. The van der Waals surface area contributed by atoms with Crippen LogP contribution in [-0.4, -0.2) is 15.4 Å². The summed E-state index contributed by atoms with van der Waals surface area (Å²) >= 11 is 2.66. The van der Waals surface area contributed by atoms with Crippen molar-refractivity contribution in [3.8, 4) is 0 Å². The van der Waals surface area contributed by atoms with Gasteiger partial charge in [0.1, 0.15) is 4.47 Å². The Morgan fingerprint density at radius 1 is 1.40 bits per heavy atom. The van der Waals surface area contributed by atoms with E-state index in [0.29, 0.717) is 17.8 Å². The van der Waals surface area contributed by atoms with Gasteiger partial charge in [-0.2, -0.15) is 22.9 Å². The van der Waals surface area contributed by atoms with Gasteiger partial charge < -0.3 is 5.32 Å². The van der Waals surface area contributed by atoms with Gasteiger partial charge in [-0.15, -0.1) is 0 Å². The fraction of sp³-hybridized carbons (Fsp3) is 0.364. The van der Waals surface area contributed by atoms with Gasteiger partial charge in [0.15, 0.2) is 5.69 Å². The number of anilines is 1. The molecule has 1 aromatic rings. The minimum Gasteiger partial charge on any atom is -0.323 e. The number of halogens is 4. The molecule has 0 radical (unpaired) electrons. The highest BCUT2D eigenvalue weighted by Gasteiger charge is 2.38. The average molecular weight is 349 g/mol. The van der Waals surface area contributed by atoms with Crippen LogP contribution in [0.25, 0.3) is 0 Å². The van der Waals surface area contributed by atoms with E-state index in [0.717, 1.165) is 17.5 Å².